The van der Waals surface area contributed by atoms with Crippen LogP contribution in [0.25, 0.3) is 11.4 Å². The maximum absolute atomic E-state index is 11.7. The van der Waals surface area contributed by atoms with Gasteiger partial charge in [-0.15, -0.1) is 0 Å². The van der Waals surface area contributed by atoms with Crippen molar-refractivity contribution in [1.29, 1.82) is 0 Å². The molecule has 8 heteroatoms. The minimum atomic E-state index is -0.273. The minimum absolute atomic E-state index is 0.0403. The number of aromatic nitrogens is 3. The highest BCUT2D eigenvalue weighted by atomic mass is 16.2. The second kappa shape index (κ2) is 8.04. The summed E-state index contributed by atoms with van der Waals surface area (Å²) < 4.78 is 0. The molecule has 0 atom stereocenters. The lowest BCUT2D eigenvalue weighted by molar-refractivity contribution is -0.124. The normalized spacial score (nSPS) is 10.3. The quantitative estimate of drug-likeness (QED) is 0.600. The third kappa shape index (κ3) is 4.89. The van der Waals surface area contributed by atoms with Gasteiger partial charge < -0.3 is 16.4 Å². The number of carbonyl (C=O) groups is 2. The molecule has 0 saturated carbocycles. The number of nitrogens with one attached hydrogen (secondary N) is 3. The predicted molar refractivity (Wildman–Crippen MR) is 86.3 cm³/mol. The zero-order valence-electron chi connectivity index (χ0n) is 12.9. The van der Waals surface area contributed by atoms with Gasteiger partial charge >= 0.3 is 0 Å². The van der Waals surface area contributed by atoms with Crippen molar-refractivity contribution in [1.82, 2.24) is 20.5 Å². The molecule has 0 radical (unpaired) electrons. The van der Waals surface area contributed by atoms with Crippen molar-refractivity contribution < 1.29 is 9.59 Å². The summed E-state index contributed by atoms with van der Waals surface area (Å²) in [7, 11) is 0. The number of nitrogens with two attached hydrogens (primary N) is 1. The lowest BCUT2D eigenvalue weighted by Gasteiger charge is -2.07. The van der Waals surface area contributed by atoms with Gasteiger partial charge in [0.25, 0.3) is 0 Å². The Bertz CT molecular complexity index is 665. The number of anilines is 1. The molecule has 2 amide bonds. The van der Waals surface area contributed by atoms with E-state index in [1.807, 2.05) is 6.92 Å². The number of hydrogen-bond donors (Lipinski definition) is 4. The Hall–Kier alpha value is -2.74. The molecule has 1 heterocycles. The maximum atomic E-state index is 11.7. The molecule has 0 unspecified atom stereocenters. The van der Waals surface area contributed by atoms with Crippen molar-refractivity contribution in [3.63, 3.8) is 0 Å². The van der Waals surface area contributed by atoms with E-state index in [0.717, 1.165) is 12.0 Å². The monoisotopic (exact) mass is 316 g/mol. The van der Waals surface area contributed by atoms with Crippen LogP contribution < -0.4 is 16.4 Å². The van der Waals surface area contributed by atoms with Gasteiger partial charge in [-0.25, -0.2) is 4.98 Å². The van der Waals surface area contributed by atoms with Crippen molar-refractivity contribution >= 4 is 17.5 Å². The molecular formula is C15H20N6O2. The van der Waals surface area contributed by atoms with E-state index < -0.39 is 0 Å². The maximum Gasteiger partial charge on any atom is 0.243 e. The molecule has 0 aliphatic heterocycles. The van der Waals surface area contributed by atoms with Crippen LogP contribution in [0.2, 0.25) is 0 Å². The van der Waals surface area contributed by atoms with Gasteiger partial charge in [0, 0.05) is 17.7 Å². The Morgan fingerprint density at radius 1 is 1.22 bits per heavy atom. The van der Waals surface area contributed by atoms with E-state index in [1.54, 1.807) is 24.3 Å². The summed E-state index contributed by atoms with van der Waals surface area (Å²) in [5, 5.41) is 12.1. The number of benzene rings is 1. The fraction of sp³-hybridized carbons (Fsp3) is 0.333. The largest absolute Gasteiger partial charge is 0.347 e. The molecule has 0 bridgehead atoms. The number of hydrogen-bond acceptors (Lipinski definition) is 5. The van der Waals surface area contributed by atoms with Crippen LogP contribution in [-0.4, -0.2) is 33.5 Å². The van der Waals surface area contributed by atoms with Gasteiger partial charge in [-0.3, -0.25) is 14.7 Å². The Balaban J connectivity index is 1.89. The lowest BCUT2D eigenvalue weighted by atomic mass is 10.2. The van der Waals surface area contributed by atoms with Gasteiger partial charge in [-0.2, -0.15) is 5.10 Å². The molecular weight excluding hydrogens is 296 g/mol. The van der Waals surface area contributed by atoms with Crippen molar-refractivity contribution in [2.75, 3.05) is 11.9 Å². The van der Waals surface area contributed by atoms with Gasteiger partial charge in [0.2, 0.25) is 11.8 Å². The summed E-state index contributed by atoms with van der Waals surface area (Å²) >= 11 is 0. The lowest BCUT2D eigenvalue weighted by Crippen LogP contribution is -2.32. The summed E-state index contributed by atoms with van der Waals surface area (Å²) in [6, 6.07) is 7.10. The van der Waals surface area contributed by atoms with Crippen LogP contribution in [0.4, 0.5) is 5.69 Å². The van der Waals surface area contributed by atoms with E-state index in [9.17, 15) is 9.59 Å². The Kier molecular flexibility index (Phi) is 5.81. The standard InChI is InChI=1S/C15H20N6O2/c1-2-3-13(22)17-9-14(23)18-11-6-4-10(5-7-11)15-19-12(8-16)20-21-15/h4-7H,2-3,8-9,16H2,1H3,(H,17,22)(H,18,23)(H,19,20,21). The molecule has 0 spiro atoms. The van der Waals surface area contributed by atoms with E-state index in [-0.39, 0.29) is 18.4 Å². The van der Waals surface area contributed by atoms with Gasteiger partial charge in [0.05, 0.1) is 13.1 Å². The molecule has 122 valence electrons. The molecule has 1 aromatic carbocycles. The molecule has 2 aromatic rings. The third-order valence-electron chi connectivity index (χ3n) is 3.08. The fourth-order valence-corrected chi connectivity index (χ4v) is 1.92. The first-order valence-corrected chi connectivity index (χ1v) is 7.40. The number of carbonyl (C=O) groups excluding carboxylic acids is 2. The van der Waals surface area contributed by atoms with Gasteiger partial charge in [0.15, 0.2) is 5.82 Å². The van der Waals surface area contributed by atoms with E-state index in [0.29, 0.717) is 30.3 Å². The highest BCUT2D eigenvalue weighted by Gasteiger charge is 2.07. The molecule has 0 aliphatic carbocycles. The summed E-state index contributed by atoms with van der Waals surface area (Å²) in [6.45, 7) is 2.16. The molecule has 0 aliphatic rings. The van der Waals surface area contributed by atoms with Crippen LogP contribution in [0.3, 0.4) is 0 Å². The summed E-state index contributed by atoms with van der Waals surface area (Å²) in [5.74, 6) is 0.763. The minimum Gasteiger partial charge on any atom is -0.347 e. The second-order valence-electron chi connectivity index (χ2n) is 4.96. The summed E-state index contributed by atoms with van der Waals surface area (Å²) in [6.07, 6.45) is 1.17. The average molecular weight is 316 g/mol. The zero-order chi connectivity index (χ0) is 16.7. The van der Waals surface area contributed by atoms with Crippen LogP contribution in [0, 0.1) is 0 Å². The second-order valence-corrected chi connectivity index (χ2v) is 4.96. The molecule has 0 saturated heterocycles. The van der Waals surface area contributed by atoms with Gasteiger partial charge in [-0.05, 0) is 30.7 Å². The smallest absolute Gasteiger partial charge is 0.243 e. The molecule has 23 heavy (non-hydrogen) atoms. The van der Waals surface area contributed by atoms with Crippen molar-refractivity contribution in [2.45, 2.75) is 26.3 Å². The Labute approximate surface area is 133 Å². The zero-order valence-corrected chi connectivity index (χ0v) is 12.9. The summed E-state index contributed by atoms with van der Waals surface area (Å²) in [5.41, 5.74) is 6.93. The average Bonchev–Trinajstić information content (AvgIpc) is 3.03. The van der Waals surface area contributed by atoms with Gasteiger partial charge in [-0.1, -0.05) is 6.92 Å². The topological polar surface area (TPSA) is 126 Å². The van der Waals surface area contributed by atoms with E-state index in [4.69, 9.17) is 5.73 Å². The highest BCUT2D eigenvalue weighted by molar-refractivity contribution is 5.94. The first kappa shape index (κ1) is 16.6. The van der Waals surface area contributed by atoms with E-state index in [1.165, 1.54) is 0 Å². The third-order valence-corrected chi connectivity index (χ3v) is 3.08. The van der Waals surface area contributed by atoms with Crippen molar-refractivity contribution in [3.05, 3.63) is 30.1 Å². The van der Waals surface area contributed by atoms with Crippen molar-refractivity contribution in [3.8, 4) is 11.4 Å². The van der Waals surface area contributed by atoms with E-state index >= 15 is 0 Å². The van der Waals surface area contributed by atoms with Crippen LogP contribution in [0.5, 0.6) is 0 Å². The first-order valence-electron chi connectivity index (χ1n) is 7.40. The Morgan fingerprint density at radius 3 is 2.57 bits per heavy atom. The SMILES string of the molecule is CCCC(=O)NCC(=O)Nc1ccc(-c2n[nH]c(CN)n2)cc1. The molecule has 2 rings (SSSR count). The first-order chi connectivity index (χ1) is 11.1. The van der Waals surface area contributed by atoms with Crippen LogP contribution >= 0.6 is 0 Å². The molecule has 8 nitrogen and oxygen atoms in total. The molecule has 1 aromatic heterocycles. The van der Waals surface area contributed by atoms with Crippen LogP contribution in [-0.2, 0) is 16.1 Å². The Morgan fingerprint density at radius 2 is 1.96 bits per heavy atom. The highest BCUT2D eigenvalue weighted by Crippen LogP contribution is 2.17. The number of nitrogens with zero attached hydrogens (tertiary/aromatic N) is 2. The van der Waals surface area contributed by atoms with E-state index in [2.05, 4.69) is 25.8 Å². The number of rotatable bonds is 7. The van der Waals surface area contributed by atoms with Gasteiger partial charge in [0.1, 0.15) is 5.82 Å². The van der Waals surface area contributed by atoms with Crippen LogP contribution in [0.1, 0.15) is 25.6 Å². The summed E-state index contributed by atoms with van der Waals surface area (Å²) in [4.78, 5) is 27.3. The number of aromatic amines is 1. The van der Waals surface area contributed by atoms with Crippen LogP contribution in [0.15, 0.2) is 24.3 Å². The predicted octanol–water partition coefficient (Wildman–Crippen LogP) is 0.785. The number of H-pyrrole nitrogens is 1. The van der Waals surface area contributed by atoms with Crippen molar-refractivity contribution in [2.24, 2.45) is 5.73 Å². The fourth-order valence-electron chi connectivity index (χ4n) is 1.92. The molecule has 0 fully saturated rings. The molecule has 5 N–H and O–H groups in total. The number of amides is 2.